The molecule has 0 N–H and O–H groups in total. The van der Waals surface area contributed by atoms with Gasteiger partial charge in [-0.1, -0.05) is 19.1 Å². The van der Waals surface area contributed by atoms with Gasteiger partial charge in [0, 0.05) is 17.7 Å². The van der Waals surface area contributed by atoms with Gasteiger partial charge in [0.1, 0.15) is 0 Å². The third-order valence-corrected chi connectivity index (χ3v) is 4.47. The van der Waals surface area contributed by atoms with E-state index in [1.54, 1.807) is 19.1 Å². The fourth-order valence-electron chi connectivity index (χ4n) is 2.11. The average Bonchev–Trinajstić information content (AvgIpc) is 2.74. The zero-order valence-corrected chi connectivity index (χ0v) is 13.3. The number of nitrogens with zero attached hydrogens (tertiary/aromatic N) is 2. The number of benzene rings is 1. The molecular weight excluding hydrogens is 304 g/mol. The van der Waals surface area contributed by atoms with Gasteiger partial charge in [0.2, 0.25) is 0 Å². The third kappa shape index (κ3) is 3.04. The van der Waals surface area contributed by atoms with E-state index in [-0.39, 0.29) is 22.9 Å². The molecule has 1 aromatic rings. The fourth-order valence-corrected chi connectivity index (χ4v) is 3.04. The molecule has 1 heterocycles. The van der Waals surface area contributed by atoms with Gasteiger partial charge in [-0.25, -0.2) is 0 Å². The van der Waals surface area contributed by atoms with Gasteiger partial charge in [-0.3, -0.25) is 24.6 Å². The van der Waals surface area contributed by atoms with Crippen LogP contribution in [0.25, 0.3) is 6.08 Å². The highest BCUT2D eigenvalue weighted by atomic mass is 32.2. The molecule has 1 atom stereocenters. The zero-order valence-electron chi connectivity index (χ0n) is 12.5. The summed E-state index contributed by atoms with van der Waals surface area (Å²) in [5, 5.41) is 10.7. The number of thioether (sulfide) groups is 1. The Hall–Kier alpha value is -2.15. The van der Waals surface area contributed by atoms with Crippen molar-refractivity contribution in [1.29, 1.82) is 0 Å². The highest BCUT2D eigenvalue weighted by Gasteiger charge is 2.37. The van der Waals surface area contributed by atoms with E-state index < -0.39 is 4.92 Å². The summed E-state index contributed by atoms with van der Waals surface area (Å²) in [6.07, 6.45) is 2.21. The number of nitro groups is 1. The first-order valence-corrected chi connectivity index (χ1v) is 7.69. The molecule has 0 radical (unpaired) electrons. The lowest BCUT2D eigenvalue weighted by Gasteiger charge is -2.19. The van der Waals surface area contributed by atoms with Gasteiger partial charge in [0.25, 0.3) is 16.8 Å². The number of imide groups is 1. The number of carbonyl (C=O) groups excluding carboxylic acids is 2. The van der Waals surface area contributed by atoms with Crippen molar-refractivity contribution in [3.05, 3.63) is 44.3 Å². The van der Waals surface area contributed by atoms with Gasteiger partial charge >= 0.3 is 0 Å². The van der Waals surface area contributed by atoms with Gasteiger partial charge in [0.15, 0.2) is 0 Å². The Labute approximate surface area is 132 Å². The van der Waals surface area contributed by atoms with Gasteiger partial charge in [-0.05, 0) is 43.7 Å². The summed E-state index contributed by atoms with van der Waals surface area (Å²) in [4.78, 5) is 36.2. The van der Waals surface area contributed by atoms with Crippen molar-refractivity contribution in [2.24, 2.45) is 0 Å². The van der Waals surface area contributed by atoms with E-state index in [0.717, 1.165) is 11.8 Å². The second-order valence-electron chi connectivity index (χ2n) is 5.11. The lowest BCUT2D eigenvalue weighted by Crippen LogP contribution is -2.36. The van der Waals surface area contributed by atoms with E-state index in [4.69, 9.17) is 0 Å². The van der Waals surface area contributed by atoms with Crippen LogP contribution in [0.15, 0.2) is 23.1 Å². The average molecular weight is 320 g/mol. The zero-order chi connectivity index (χ0) is 16.4. The van der Waals surface area contributed by atoms with Crippen LogP contribution in [-0.4, -0.2) is 27.0 Å². The standard InChI is InChI=1S/C15H16N2O4S/c1-4-10(3)16-14(18)13(22-15(16)19)8-11-6-5-9(2)12(7-11)17(20)21/h5-8,10H,4H2,1-3H3/b13-8+/t10-/m1/s1. The third-order valence-electron chi connectivity index (χ3n) is 3.58. The molecule has 22 heavy (non-hydrogen) atoms. The van der Waals surface area contributed by atoms with Crippen LogP contribution in [0, 0.1) is 17.0 Å². The van der Waals surface area contributed by atoms with E-state index in [2.05, 4.69) is 0 Å². The number of nitro benzene ring substituents is 1. The van der Waals surface area contributed by atoms with Crippen LogP contribution >= 0.6 is 11.8 Å². The lowest BCUT2D eigenvalue weighted by molar-refractivity contribution is -0.385. The van der Waals surface area contributed by atoms with Crippen molar-refractivity contribution < 1.29 is 14.5 Å². The summed E-state index contributed by atoms with van der Waals surface area (Å²) in [5.74, 6) is -0.340. The molecule has 1 saturated heterocycles. The van der Waals surface area contributed by atoms with Crippen LogP contribution in [0.5, 0.6) is 0 Å². The SMILES string of the molecule is CC[C@@H](C)N1C(=O)S/C(=C/c2ccc(C)c([N+](=O)[O-])c2)C1=O. The van der Waals surface area contributed by atoms with Gasteiger partial charge in [-0.15, -0.1) is 0 Å². The van der Waals surface area contributed by atoms with Crippen molar-refractivity contribution in [1.82, 2.24) is 4.90 Å². The molecule has 1 aliphatic heterocycles. The van der Waals surface area contributed by atoms with E-state index in [9.17, 15) is 19.7 Å². The fraction of sp³-hybridized carbons (Fsp3) is 0.333. The summed E-state index contributed by atoms with van der Waals surface area (Å²) in [5.41, 5.74) is 1.08. The van der Waals surface area contributed by atoms with Crippen molar-refractivity contribution in [3.8, 4) is 0 Å². The molecule has 0 saturated carbocycles. The Morgan fingerprint density at radius 2 is 2.09 bits per heavy atom. The second-order valence-corrected chi connectivity index (χ2v) is 6.11. The Morgan fingerprint density at radius 3 is 2.68 bits per heavy atom. The quantitative estimate of drug-likeness (QED) is 0.479. The monoisotopic (exact) mass is 320 g/mol. The molecule has 6 nitrogen and oxygen atoms in total. The summed E-state index contributed by atoms with van der Waals surface area (Å²) >= 11 is 0.867. The van der Waals surface area contributed by atoms with Gasteiger partial charge < -0.3 is 0 Å². The molecule has 116 valence electrons. The van der Waals surface area contributed by atoms with Crippen LogP contribution in [0.2, 0.25) is 0 Å². The summed E-state index contributed by atoms with van der Waals surface area (Å²) < 4.78 is 0. The maximum Gasteiger partial charge on any atom is 0.293 e. The topological polar surface area (TPSA) is 80.5 Å². The Morgan fingerprint density at radius 1 is 1.41 bits per heavy atom. The van der Waals surface area contributed by atoms with Crippen LogP contribution < -0.4 is 0 Å². The Kier molecular flexibility index (Phi) is 4.65. The van der Waals surface area contributed by atoms with Crippen LogP contribution in [-0.2, 0) is 4.79 Å². The predicted molar refractivity (Wildman–Crippen MR) is 85.4 cm³/mol. The van der Waals surface area contributed by atoms with Crippen molar-refractivity contribution >= 4 is 34.7 Å². The molecule has 2 rings (SSSR count). The summed E-state index contributed by atoms with van der Waals surface area (Å²) in [7, 11) is 0. The molecule has 0 aliphatic carbocycles. The normalized spacial score (nSPS) is 18.1. The van der Waals surface area contributed by atoms with Crippen molar-refractivity contribution in [3.63, 3.8) is 0 Å². The van der Waals surface area contributed by atoms with E-state index >= 15 is 0 Å². The molecule has 0 bridgehead atoms. The van der Waals surface area contributed by atoms with Crippen molar-refractivity contribution in [2.45, 2.75) is 33.2 Å². The minimum Gasteiger partial charge on any atom is -0.268 e. The molecular formula is C15H16N2O4S. The number of carbonyl (C=O) groups is 2. The molecule has 2 amide bonds. The second kappa shape index (κ2) is 6.31. The maximum absolute atomic E-state index is 12.3. The Balaban J connectivity index is 2.35. The van der Waals surface area contributed by atoms with Crippen LogP contribution in [0.3, 0.4) is 0 Å². The number of rotatable bonds is 4. The highest BCUT2D eigenvalue weighted by Crippen LogP contribution is 2.34. The van der Waals surface area contributed by atoms with Crippen molar-refractivity contribution in [2.75, 3.05) is 0 Å². The number of aryl methyl sites for hydroxylation is 1. The lowest BCUT2D eigenvalue weighted by atomic mass is 10.1. The maximum atomic E-state index is 12.3. The molecule has 0 aromatic heterocycles. The number of hydrogen-bond acceptors (Lipinski definition) is 5. The van der Waals surface area contributed by atoms with Crippen LogP contribution in [0.1, 0.15) is 31.4 Å². The van der Waals surface area contributed by atoms with Gasteiger partial charge in [-0.2, -0.15) is 0 Å². The van der Waals surface area contributed by atoms with E-state index in [0.29, 0.717) is 22.5 Å². The number of amides is 2. The smallest absolute Gasteiger partial charge is 0.268 e. The first kappa shape index (κ1) is 16.2. The minimum absolute atomic E-state index is 0.00472. The van der Waals surface area contributed by atoms with Gasteiger partial charge in [0.05, 0.1) is 9.83 Å². The molecule has 0 unspecified atom stereocenters. The molecule has 1 fully saturated rings. The molecule has 1 aliphatic rings. The number of hydrogen-bond donors (Lipinski definition) is 0. The highest BCUT2D eigenvalue weighted by molar-refractivity contribution is 8.18. The first-order valence-electron chi connectivity index (χ1n) is 6.87. The molecule has 1 aromatic carbocycles. The molecule has 0 spiro atoms. The van der Waals surface area contributed by atoms with E-state index in [1.807, 2.05) is 13.8 Å². The molecule has 7 heteroatoms. The largest absolute Gasteiger partial charge is 0.293 e. The van der Waals surface area contributed by atoms with Crippen LogP contribution in [0.4, 0.5) is 10.5 Å². The van der Waals surface area contributed by atoms with E-state index in [1.165, 1.54) is 17.0 Å². The Bertz CT molecular complexity index is 684. The first-order chi connectivity index (χ1) is 10.3. The predicted octanol–water partition coefficient (Wildman–Crippen LogP) is 3.74. The summed E-state index contributed by atoms with van der Waals surface area (Å²) in [6, 6.07) is 4.57. The minimum atomic E-state index is -0.461. The summed E-state index contributed by atoms with van der Waals surface area (Å²) in [6.45, 7) is 5.37.